The highest BCUT2D eigenvalue weighted by Crippen LogP contribution is 2.24. The van der Waals surface area contributed by atoms with E-state index in [1.807, 2.05) is 24.4 Å². The number of hydrogen-bond donors (Lipinski definition) is 0. The molecular formula is C17H20N6O. The molecule has 0 radical (unpaired) electrons. The van der Waals surface area contributed by atoms with E-state index in [-0.39, 0.29) is 0 Å². The molecule has 0 aliphatic carbocycles. The van der Waals surface area contributed by atoms with Crippen LogP contribution in [0.3, 0.4) is 0 Å². The number of pyridine rings is 1. The molecule has 4 heterocycles. The monoisotopic (exact) mass is 324 g/mol. The molecule has 0 saturated carbocycles. The van der Waals surface area contributed by atoms with Gasteiger partial charge in [-0.05, 0) is 24.1 Å². The summed E-state index contributed by atoms with van der Waals surface area (Å²) in [4.78, 5) is 16.1. The predicted molar refractivity (Wildman–Crippen MR) is 91.6 cm³/mol. The zero-order valence-electron chi connectivity index (χ0n) is 13.9. The highest BCUT2D eigenvalue weighted by atomic mass is 16.5. The van der Waals surface area contributed by atoms with E-state index in [4.69, 9.17) is 9.72 Å². The van der Waals surface area contributed by atoms with Gasteiger partial charge in [-0.2, -0.15) is 10.1 Å². The Bertz CT molecular complexity index is 853. The second-order valence-electron chi connectivity index (χ2n) is 6.16. The number of rotatable bonds is 3. The van der Waals surface area contributed by atoms with Crippen LogP contribution in [0.25, 0.3) is 17.0 Å². The van der Waals surface area contributed by atoms with Crippen LogP contribution in [-0.2, 0) is 4.74 Å². The molecule has 3 aromatic rings. The van der Waals surface area contributed by atoms with Gasteiger partial charge in [-0.1, -0.05) is 13.8 Å². The van der Waals surface area contributed by atoms with E-state index < -0.39 is 0 Å². The van der Waals surface area contributed by atoms with Crippen molar-refractivity contribution in [3.8, 4) is 5.95 Å². The summed E-state index contributed by atoms with van der Waals surface area (Å²) < 4.78 is 7.20. The first kappa shape index (κ1) is 15.0. The van der Waals surface area contributed by atoms with Crippen molar-refractivity contribution >= 4 is 16.9 Å². The second-order valence-corrected chi connectivity index (χ2v) is 6.16. The van der Waals surface area contributed by atoms with Crippen molar-refractivity contribution in [2.24, 2.45) is 0 Å². The van der Waals surface area contributed by atoms with Gasteiger partial charge < -0.3 is 9.64 Å². The molecule has 4 rings (SSSR count). The first-order valence-electron chi connectivity index (χ1n) is 8.24. The van der Waals surface area contributed by atoms with Gasteiger partial charge in [0.25, 0.3) is 5.95 Å². The first-order chi connectivity index (χ1) is 11.7. The van der Waals surface area contributed by atoms with E-state index >= 15 is 0 Å². The topological polar surface area (TPSA) is 69.0 Å². The summed E-state index contributed by atoms with van der Waals surface area (Å²) in [6, 6.07) is 5.87. The Morgan fingerprint density at radius 1 is 1.12 bits per heavy atom. The number of ether oxygens (including phenoxy) is 1. The summed E-state index contributed by atoms with van der Waals surface area (Å²) in [5.74, 6) is 1.79. The Kier molecular flexibility index (Phi) is 3.86. The number of fused-ring (bicyclic) bond motifs is 1. The van der Waals surface area contributed by atoms with Crippen LogP contribution in [0.4, 0.5) is 5.82 Å². The van der Waals surface area contributed by atoms with Crippen molar-refractivity contribution in [1.29, 1.82) is 0 Å². The van der Waals surface area contributed by atoms with Gasteiger partial charge in [0.05, 0.1) is 24.4 Å². The maximum absolute atomic E-state index is 5.45. The third-order valence-electron chi connectivity index (χ3n) is 4.14. The number of aromatic nitrogens is 5. The summed E-state index contributed by atoms with van der Waals surface area (Å²) in [5, 5.41) is 4.60. The molecule has 0 atom stereocenters. The second kappa shape index (κ2) is 6.16. The van der Waals surface area contributed by atoms with Crippen molar-refractivity contribution in [2.75, 3.05) is 31.2 Å². The lowest BCUT2D eigenvalue weighted by molar-refractivity contribution is 0.122. The molecule has 124 valence electrons. The van der Waals surface area contributed by atoms with Crippen LogP contribution in [0, 0.1) is 0 Å². The molecule has 0 amide bonds. The summed E-state index contributed by atoms with van der Waals surface area (Å²) in [5.41, 5.74) is 2.67. The van der Waals surface area contributed by atoms with Gasteiger partial charge in [0.1, 0.15) is 5.52 Å². The molecule has 1 fully saturated rings. The van der Waals surface area contributed by atoms with E-state index in [0.29, 0.717) is 25.1 Å². The van der Waals surface area contributed by atoms with E-state index in [0.717, 1.165) is 35.6 Å². The van der Waals surface area contributed by atoms with Crippen molar-refractivity contribution in [3.05, 3.63) is 36.3 Å². The van der Waals surface area contributed by atoms with Crippen LogP contribution in [0.2, 0.25) is 0 Å². The van der Waals surface area contributed by atoms with Gasteiger partial charge in [-0.25, -0.2) is 9.67 Å². The fourth-order valence-electron chi connectivity index (χ4n) is 2.80. The number of anilines is 1. The van der Waals surface area contributed by atoms with Gasteiger partial charge in [-0.3, -0.25) is 4.98 Å². The quantitative estimate of drug-likeness (QED) is 0.735. The molecule has 24 heavy (non-hydrogen) atoms. The van der Waals surface area contributed by atoms with E-state index in [9.17, 15) is 0 Å². The highest BCUT2D eigenvalue weighted by Gasteiger charge is 2.19. The first-order valence-corrected chi connectivity index (χ1v) is 8.24. The molecule has 0 aromatic carbocycles. The van der Waals surface area contributed by atoms with Crippen LogP contribution < -0.4 is 4.90 Å². The zero-order chi connectivity index (χ0) is 16.5. The molecule has 1 aliphatic heterocycles. The SMILES string of the molecule is CC(C)c1ccn(-c2nc(N3CCOCC3)c3ncccc3n2)n1. The van der Waals surface area contributed by atoms with Gasteiger partial charge >= 0.3 is 0 Å². The summed E-state index contributed by atoms with van der Waals surface area (Å²) in [7, 11) is 0. The summed E-state index contributed by atoms with van der Waals surface area (Å²) in [6.07, 6.45) is 3.69. The van der Waals surface area contributed by atoms with Gasteiger partial charge in [-0.15, -0.1) is 0 Å². The molecule has 0 spiro atoms. The van der Waals surface area contributed by atoms with Crippen LogP contribution >= 0.6 is 0 Å². The van der Waals surface area contributed by atoms with Crippen LogP contribution in [0.1, 0.15) is 25.5 Å². The van der Waals surface area contributed by atoms with E-state index in [1.54, 1.807) is 10.9 Å². The summed E-state index contributed by atoms with van der Waals surface area (Å²) >= 11 is 0. The average Bonchev–Trinajstić information content (AvgIpc) is 3.12. The van der Waals surface area contributed by atoms with Crippen molar-refractivity contribution in [1.82, 2.24) is 24.7 Å². The Labute approximate surface area is 140 Å². The molecule has 7 nitrogen and oxygen atoms in total. The fourth-order valence-corrected chi connectivity index (χ4v) is 2.80. The smallest absolute Gasteiger partial charge is 0.253 e. The standard InChI is InChI=1S/C17H20N6O/c1-12(2)13-5-7-23(21-13)17-19-14-4-3-6-18-15(14)16(20-17)22-8-10-24-11-9-22/h3-7,12H,8-11H2,1-2H3. The number of hydrogen-bond acceptors (Lipinski definition) is 6. The van der Waals surface area contributed by atoms with Crippen LogP contribution in [0.15, 0.2) is 30.6 Å². The molecule has 1 saturated heterocycles. The average molecular weight is 324 g/mol. The third-order valence-corrected chi connectivity index (χ3v) is 4.14. The lowest BCUT2D eigenvalue weighted by Crippen LogP contribution is -2.37. The van der Waals surface area contributed by atoms with Crippen molar-refractivity contribution in [2.45, 2.75) is 19.8 Å². The van der Waals surface area contributed by atoms with Gasteiger partial charge in [0.2, 0.25) is 0 Å². The largest absolute Gasteiger partial charge is 0.378 e. The fraction of sp³-hybridized carbons (Fsp3) is 0.412. The molecule has 0 bridgehead atoms. The molecule has 3 aromatic heterocycles. The van der Waals surface area contributed by atoms with Crippen LogP contribution in [0.5, 0.6) is 0 Å². The van der Waals surface area contributed by atoms with Crippen LogP contribution in [-0.4, -0.2) is 51.0 Å². The molecule has 1 aliphatic rings. The number of nitrogens with zero attached hydrogens (tertiary/aromatic N) is 6. The number of morpholine rings is 1. The van der Waals surface area contributed by atoms with E-state index in [2.05, 4.69) is 33.8 Å². The lowest BCUT2D eigenvalue weighted by atomic mass is 10.1. The third kappa shape index (κ3) is 2.71. The summed E-state index contributed by atoms with van der Waals surface area (Å²) in [6.45, 7) is 7.25. The molecule has 0 unspecified atom stereocenters. The van der Waals surface area contributed by atoms with Gasteiger partial charge in [0.15, 0.2) is 5.82 Å². The minimum atomic E-state index is 0.368. The lowest BCUT2D eigenvalue weighted by Gasteiger charge is -2.28. The Balaban J connectivity index is 1.83. The normalized spacial score (nSPS) is 15.4. The van der Waals surface area contributed by atoms with Crippen molar-refractivity contribution in [3.63, 3.8) is 0 Å². The molecular weight excluding hydrogens is 304 g/mol. The minimum absolute atomic E-state index is 0.368. The molecule has 7 heteroatoms. The zero-order valence-corrected chi connectivity index (χ0v) is 13.9. The Hall–Kier alpha value is -2.54. The predicted octanol–water partition coefficient (Wildman–Crippen LogP) is 2.17. The molecule has 0 N–H and O–H groups in total. The maximum Gasteiger partial charge on any atom is 0.253 e. The van der Waals surface area contributed by atoms with Crippen molar-refractivity contribution < 1.29 is 4.74 Å². The highest BCUT2D eigenvalue weighted by molar-refractivity contribution is 5.86. The Morgan fingerprint density at radius 2 is 1.96 bits per heavy atom. The maximum atomic E-state index is 5.45. The minimum Gasteiger partial charge on any atom is -0.378 e. The van der Waals surface area contributed by atoms with E-state index in [1.165, 1.54) is 0 Å². The van der Waals surface area contributed by atoms with Gasteiger partial charge in [0, 0.05) is 25.5 Å². The Morgan fingerprint density at radius 3 is 2.71 bits per heavy atom.